The van der Waals surface area contributed by atoms with Crippen molar-refractivity contribution in [2.75, 3.05) is 18.4 Å². The van der Waals surface area contributed by atoms with Crippen LogP contribution in [0.1, 0.15) is 33.9 Å². The number of halogens is 1. The summed E-state index contributed by atoms with van der Waals surface area (Å²) in [6, 6.07) is 14.9. The Morgan fingerprint density at radius 1 is 1.02 bits per heavy atom. The van der Waals surface area contributed by atoms with Crippen LogP contribution in [0.2, 0.25) is 0 Å². The van der Waals surface area contributed by atoms with E-state index in [2.05, 4.69) is 10.6 Å². The van der Waals surface area contributed by atoms with Gasteiger partial charge in [-0.3, -0.25) is 29.4 Å². The molecule has 0 aliphatic carbocycles. The zero-order chi connectivity index (χ0) is 29.7. The Morgan fingerprint density at radius 2 is 1.71 bits per heavy atom. The second-order valence-electron chi connectivity index (χ2n) is 9.38. The van der Waals surface area contributed by atoms with Crippen LogP contribution in [0.15, 0.2) is 72.8 Å². The van der Waals surface area contributed by atoms with Gasteiger partial charge in [-0.05, 0) is 42.8 Å². The van der Waals surface area contributed by atoms with Gasteiger partial charge in [-0.2, -0.15) is 0 Å². The van der Waals surface area contributed by atoms with E-state index in [1.807, 2.05) is 6.92 Å². The first kappa shape index (κ1) is 28.7. The normalized spacial score (nSPS) is 15.2. The molecule has 1 heterocycles. The van der Waals surface area contributed by atoms with Gasteiger partial charge in [0.05, 0.1) is 17.4 Å². The van der Waals surface area contributed by atoms with E-state index in [1.165, 1.54) is 30.3 Å². The lowest BCUT2D eigenvalue weighted by molar-refractivity contribution is -0.384. The molecule has 2 unspecified atom stereocenters. The Kier molecular flexibility index (Phi) is 8.56. The number of carbonyl (C=O) groups is 4. The molecule has 3 aromatic rings. The predicted octanol–water partition coefficient (Wildman–Crippen LogP) is 3.69. The Labute approximate surface area is 233 Å². The molecular formula is C28H26FN5O7. The zero-order valence-electron chi connectivity index (χ0n) is 21.8. The number of nitrogens with one attached hydrogen (secondary N) is 2. The maximum absolute atomic E-state index is 13.9. The van der Waals surface area contributed by atoms with Crippen molar-refractivity contribution in [3.8, 4) is 0 Å². The number of nitrogens with zero attached hydrogens (tertiary/aromatic N) is 3. The van der Waals surface area contributed by atoms with Crippen molar-refractivity contribution < 1.29 is 33.6 Å². The third-order valence-electron chi connectivity index (χ3n) is 6.48. The first-order valence-electron chi connectivity index (χ1n) is 12.5. The zero-order valence-corrected chi connectivity index (χ0v) is 21.8. The number of non-ortho nitro benzene ring substituents is 1. The first-order chi connectivity index (χ1) is 19.5. The molecule has 1 aliphatic rings. The standard InChI is InChI=1S/C28H26FN5O7/c1-17-8-10-21(11-9-17)30-28(39)33-13-12-32(27(38)19-5-2-6-20(29)14-19)26(33)25(37)31-23(16-24(35)36)18-4-3-7-22(15-18)34(40)41/h2-11,14-15,23,26H,12-13,16H2,1H3,(H,30,39)(H,31,37)(H,35,36). The Hall–Kier alpha value is -5.33. The molecule has 0 bridgehead atoms. The third-order valence-corrected chi connectivity index (χ3v) is 6.48. The molecule has 212 valence electrons. The molecule has 12 nitrogen and oxygen atoms in total. The van der Waals surface area contributed by atoms with Gasteiger partial charge < -0.3 is 20.6 Å². The highest BCUT2D eigenvalue weighted by Gasteiger charge is 2.44. The Bertz CT molecular complexity index is 1500. The van der Waals surface area contributed by atoms with Crippen LogP contribution in [-0.2, 0) is 9.59 Å². The van der Waals surface area contributed by atoms with E-state index in [-0.39, 0.29) is 29.9 Å². The van der Waals surface area contributed by atoms with Crippen LogP contribution < -0.4 is 10.6 Å². The number of carboxylic acid groups (broad SMARTS) is 1. The van der Waals surface area contributed by atoms with E-state index in [0.29, 0.717) is 5.69 Å². The molecule has 0 saturated carbocycles. The van der Waals surface area contributed by atoms with Gasteiger partial charge in [0.25, 0.3) is 17.5 Å². The lowest BCUT2D eigenvalue weighted by Crippen LogP contribution is -2.55. The summed E-state index contributed by atoms with van der Waals surface area (Å²) >= 11 is 0. The molecule has 0 radical (unpaired) electrons. The van der Waals surface area contributed by atoms with E-state index in [9.17, 15) is 38.8 Å². The number of hydrogen-bond donors (Lipinski definition) is 3. The minimum absolute atomic E-state index is 0.0515. The maximum atomic E-state index is 13.9. The monoisotopic (exact) mass is 563 g/mol. The lowest BCUT2D eigenvalue weighted by atomic mass is 10.0. The largest absolute Gasteiger partial charge is 0.481 e. The smallest absolute Gasteiger partial charge is 0.323 e. The van der Waals surface area contributed by atoms with Gasteiger partial charge in [-0.15, -0.1) is 0 Å². The quantitative estimate of drug-likeness (QED) is 0.278. The number of anilines is 1. The molecular weight excluding hydrogens is 537 g/mol. The number of nitro benzene ring substituents is 1. The van der Waals surface area contributed by atoms with Crippen molar-refractivity contribution in [1.29, 1.82) is 0 Å². The molecule has 2 atom stereocenters. The Balaban J connectivity index is 1.66. The highest BCUT2D eigenvalue weighted by molar-refractivity contribution is 6.00. The second kappa shape index (κ2) is 12.2. The van der Waals surface area contributed by atoms with Crippen LogP contribution in [0.3, 0.4) is 0 Å². The topological polar surface area (TPSA) is 162 Å². The Morgan fingerprint density at radius 3 is 2.37 bits per heavy atom. The predicted molar refractivity (Wildman–Crippen MR) is 144 cm³/mol. The third kappa shape index (κ3) is 6.82. The van der Waals surface area contributed by atoms with Crippen LogP contribution in [-0.4, -0.2) is 62.9 Å². The van der Waals surface area contributed by atoms with Crippen molar-refractivity contribution in [2.24, 2.45) is 0 Å². The van der Waals surface area contributed by atoms with Crippen LogP contribution in [0, 0.1) is 22.9 Å². The fraction of sp³-hybridized carbons (Fsp3) is 0.214. The van der Waals surface area contributed by atoms with E-state index < -0.39 is 53.2 Å². The summed E-state index contributed by atoms with van der Waals surface area (Å²) in [6.07, 6.45) is -2.17. The summed E-state index contributed by atoms with van der Waals surface area (Å²) in [7, 11) is 0. The minimum Gasteiger partial charge on any atom is -0.481 e. The highest BCUT2D eigenvalue weighted by Crippen LogP contribution is 2.25. The van der Waals surface area contributed by atoms with Crippen molar-refractivity contribution in [1.82, 2.24) is 15.1 Å². The number of amides is 4. The van der Waals surface area contributed by atoms with E-state index in [0.717, 1.165) is 33.6 Å². The van der Waals surface area contributed by atoms with Gasteiger partial charge in [0.1, 0.15) is 5.82 Å². The van der Waals surface area contributed by atoms with Crippen molar-refractivity contribution in [3.05, 3.63) is 105 Å². The number of urea groups is 1. The van der Waals surface area contributed by atoms with Crippen LogP contribution in [0.25, 0.3) is 0 Å². The summed E-state index contributed by atoms with van der Waals surface area (Å²) in [5.74, 6) is -3.59. The summed E-state index contributed by atoms with van der Waals surface area (Å²) in [5.41, 5.74) is 1.18. The maximum Gasteiger partial charge on any atom is 0.323 e. The number of aliphatic carboxylic acids is 1. The number of benzene rings is 3. The molecule has 1 saturated heterocycles. The number of carbonyl (C=O) groups excluding carboxylic acids is 3. The number of nitro groups is 1. The van der Waals surface area contributed by atoms with Crippen LogP contribution >= 0.6 is 0 Å². The second-order valence-corrected chi connectivity index (χ2v) is 9.38. The van der Waals surface area contributed by atoms with Crippen molar-refractivity contribution in [3.63, 3.8) is 0 Å². The number of hydrogen-bond acceptors (Lipinski definition) is 6. The summed E-state index contributed by atoms with van der Waals surface area (Å²) < 4.78 is 13.9. The van der Waals surface area contributed by atoms with Crippen molar-refractivity contribution >= 4 is 35.2 Å². The van der Waals surface area contributed by atoms with Crippen LogP contribution in [0.5, 0.6) is 0 Å². The van der Waals surface area contributed by atoms with Crippen molar-refractivity contribution in [2.45, 2.75) is 25.6 Å². The molecule has 0 aromatic heterocycles. The first-order valence-corrected chi connectivity index (χ1v) is 12.5. The fourth-order valence-electron chi connectivity index (χ4n) is 4.48. The van der Waals surface area contributed by atoms with Gasteiger partial charge in [0, 0.05) is 36.5 Å². The van der Waals surface area contributed by atoms with Gasteiger partial charge in [0.15, 0.2) is 6.17 Å². The molecule has 3 aromatic carbocycles. The molecule has 13 heteroatoms. The van der Waals surface area contributed by atoms with E-state index in [4.69, 9.17) is 0 Å². The molecule has 0 spiro atoms. The summed E-state index contributed by atoms with van der Waals surface area (Å²) in [6.45, 7) is 1.74. The average molecular weight is 564 g/mol. The summed E-state index contributed by atoms with van der Waals surface area (Å²) in [4.78, 5) is 64.9. The van der Waals surface area contributed by atoms with Crippen LogP contribution in [0.4, 0.5) is 20.6 Å². The SMILES string of the molecule is Cc1ccc(NC(=O)N2CCN(C(=O)c3cccc(F)c3)C2C(=O)NC(CC(=O)O)c2cccc([N+](=O)[O-])c2)cc1. The number of aryl methyl sites for hydroxylation is 1. The molecule has 4 rings (SSSR count). The summed E-state index contributed by atoms with van der Waals surface area (Å²) in [5, 5.41) is 26.0. The molecule has 41 heavy (non-hydrogen) atoms. The lowest BCUT2D eigenvalue weighted by Gasteiger charge is -2.31. The van der Waals surface area contributed by atoms with Gasteiger partial charge in [0.2, 0.25) is 0 Å². The molecule has 4 amide bonds. The fourth-order valence-corrected chi connectivity index (χ4v) is 4.48. The minimum atomic E-state index is -1.54. The van der Waals surface area contributed by atoms with Gasteiger partial charge >= 0.3 is 12.0 Å². The number of carboxylic acids is 1. The molecule has 3 N–H and O–H groups in total. The highest BCUT2D eigenvalue weighted by atomic mass is 19.1. The molecule has 1 aliphatic heterocycles. The van der Waals surface area contributed by atoms with E-state index in [1.54, 1.807) is 24.3 Å². The van der Waals surface area contributed by atoms with E-state index >= 15 is 0 Å². The van der Waals surface area contributed by atoms with Gasteiger partial charge in [-0.25, -0.2) is 9.18 Å². The van der Waals surface area contributed by atoms with Gasteiger partial charge in [-0.1, -0.05) is 35.9 Å². The molecule has 1 fully saturated rings. The average Bonchev–Trinajstić information content (AvgIpc) is 3.39. The number of rotatable bonds is 8.